The highest BCUT2D eigenvalue weighted by atomic mass is 19.2. The van der Waals surface area contributed by atoms with Crippen LogP contribution in [0.1, 0.15) is 18.4 Å². The minimum atomic E-state index is -0.909. The van der Waals surface area contributed by atoms with Gasteiger partial charge in [-0.1, -0.05) is 6.07 Å². The molecule has 1 atom stereocenters. The lowest BCUT2D eigenvalue weighted by Gasteiger charge is -2.30. The number of ether oxygens (including phenoxy) is 3. The summed E-state index contributed by atoms with van der Waals surface area (Å²) in [7, 11) is 2.06. The Morgan fingerprint density at radius 2 is 1.94 bits per heavy atom. The number of amides is 1. The molecule has 4 rings (SSSR count). The van der Waals surface area contributed by atoms with E-state index in [0.29, 0.717) is 36.0 Å². The second kappa shape index (κ2) is 9.51. The first-order valence-electron chi connectivity index (χ1n) is 10.4. The molecule has 0 unspecified atom stereocenters. The predicted octanol–water partition coefficient (Wildman–Crippen LogP) is 3.14. The van der Waals surface area contributed by atoms with Crippen LogP contribution < -0.4 is 19.5 Å². The van der Waals surface area contributed by atoms with Crippen molar-refractivity contribution < 1.29 is 27.8 Å². The van der Waals surface area contributed by atoms with Gasteiger partial charge in [0.15, 0.2) is 23.1 Å². The number of carbonyl (C=O) groups excluding carboxylic acids is 1. The second-order valence-electron chi connectivity index (χ2n) is 8.02. The third-order valence-electron chi connectivity index (χ3n) is 5.62. The van der Waals surface area contributed by atoms with Gasteiger partial charge in [-0.25, -0.2) is 8.78 Å². The Bertz CT molecular complexity index is 932. The Morgan fingerprint density at radius 1 is 1.13 bits per heavy atom. The first-order chi connectivity index (χ1) is 15.0. The number of likely N-dealkylation sites (tertiary alicyclic amines) is 1. The van der Waals surface area contributed by atoms with Crippen LogP contribution >= 0.6 is 0 Å². The molecule has 166 valence electrons. The molecule has 2 aliphatic rings. The van der Waals surface area contributed by atoms with E-state index in [2.05, 4.69) is 17.3 Å². The van der Waals surface area contributed by atoms with Crippen LogP contribution in [-0.4, -0.2) is 50.2 Å². The summed E-state index contributed by atoms with van der Waals surface area (Å²) in [6.45, 7) is 2.66. The van der Waals surface area contributed by atoms with Gasteiger partial charge < -0.3 is 24.4 Å². The van der Waals surface area contributed by atoms with Gasteiger partial charge in [0.2, 0.25) is 5.91 Å². The summed E-state index contributed by atoms with van der Waals surface area (Å²) in [5.74, 6) is -0.0606. The fourth-order valence-electron chi connectivity index (χ4n) is 3.71. The molecule has 2 heterocycles. The van der Waals surface area contributed by atoms with Crippen LogP contribution in [0.25, 0.3) is 0 Å². The van der Waals surface area contributed by atoms with Crippen molar-refractivity contribution in [3.63, 3.8) is 0 Å². The van der Waals surface area contributed by atoms with Crippen LogP contribution in [-0.2, 0) is 11.4 Å². The van der Waals surface area contributed by atoms with Crippen LogP contribution in [0.5, 0.6) is 17.2 Å². The highest BCUT2D eigenvalue weighted by Gasteiger charge is 2.26. The largest absolute Gasteiger partial charge is 0.489 e. The van der Waals surface area contributed by atoms with Gasteiger partial charge in [0.25, 0.3) is 0 Å². The number of carbonyl (C=O) groups is 1. The minimum Gasteiger partial charge on any atom is -0.489 e. The van der Waals surface area contributed by atoms with Crippen LogP contribution in [0, 0.1) is 17.6 Å². The van der Waals surface area contributed by atoms with E-state index in [-0.39, 0.29) is 24.5 Å². The van der Waals surface area contributed by atoms with Crippen LogP contribution in [0.4, 0.5) is 8.78 Å². The number of benzene rings is 2. The zero-order chi connectivity index (χ0) is 21.8. The average molecular weight is 432 g/mol. The Labute approximate surface area is 180 Å². The number of nitrogens with one attached hydrogen (secondary N) is 1. The number of hydrogen-bond donors (Lipinski definition) is 1. The standard InChI is InChI=1S/C23H26F2N2O4/c1-27-8-6-16(7-9-27)23(28)26-12-18-14-30-21-5-3-17(11-22(21)31-18)29-13-15-2-4-19(24)20(25)10-15/h2-5,10-11,16,18H,6-9,12-14H2,1H3,(H,26,28)/t18-/m1/s1. The maximum absolute atomic E-state index is 13.3. The third kappa shape index (κ3) is 5.44. The first-order valence-corrected chi connectivity index (χ1v) is 10.4. The van der Waals surface area contributed by atoms with Crippen molar-refractivity contribution >= 4 is 5.91 Å². The van der Waals surface area contributed by atoms with Crippen LogP contribution in [0.15, 0.2) is 36.4 Å². The monoisotopic (exact) mass is 432 g/mol. The van der Waals surface area contributed by atoms with E-state index in [0.717, 1.165) is 38.1 Å². The van der Waals surface area contributed by atoms with Gasteiger partial charge in [-0.2, -0.15) is 0 Å². The Balaban J connectivity index is 1.30. The SMILES string of the molecule is CN1CCC(C(=O)NC[C@@H]2COc3ccc(OCc4ccc(F)c(F)c4)cc3O2)CC1. The van der Waals surface area contributed by atoms with Gasteiger partial charge in [-0.3, -0.25) is 4.79 Å². The normalized spacial score (nSPS) is 19.1. The molecule has 0 radical (unpaired) electrons. The minimum absolute atomic E-state index is 0.0456. The molecule has 1 fully saturated rings. The molecule has 0 bridgehead atoms. The molecule has 0 aromatic heterocycles. The molecule has 8 heteroatoms. The van der Waals surface area contributed by atoms with Gasteiger partial charge in [0.05, 0.1) is 6.54 Å². The zero-order valence-corrected chi connectivity index (χ0v) is 17.4. The average Bonchev–Trinajstić information content (AvgIpc) is 2.78. The fourth-order valence-corrected chi connectivity index (χ4v) is 3.71. The number of rotatable bonds is 6. The first kappa shape index (κ1) is 21.4. The summed E-state index contributed by atoms with van der Waals surface area (Å²) < 4.78 is 43.8. The molecule has 1 saturated heterocycles. The summed E-state index contributed by atoms with van der Waals surface area (Å²) in [4.78, 5) is 14.6. The quantitative estimate of drug-likeness (QED) is 0.760. The topological polar surface area (TPSA) is 60.0 Å². The number of nitrogens with zero attached hydrogens (tertiary/aromatic N) is 1. The van der Waals surface area contributed by atoms with Crippen molar-refractivity contribution in [2.75, 3.05) is 33.3 Å². The van der Waals surface area contributed by atoms with Crippen molar-refractivity contribution in [2.24, 2.45) is 5.92 Å². The molecular formula is C23H26F2N2O4. The lowest BCUT2D eigenvalue weighted by atomic mass is 9.96. The molecule has 2 aromatic carbocycles. The van der Waals surface area contributed by atoms with Crippen molar-refractivity contribution in [1.82, 2.24) is 10.2 Å². The van der Waals surface area contributed by atoms with E-state index in [1.165, 1.54) is 6.07 Å². The lowest BCUT2D eigenvalue weighted by molar-refractivity contribution is -0.126. The molecule has 2 aromatic rings. The van der Waals surface area contributed by atoms with Gasteiger partial charge in [0, 0.05) is 12.0 Å². The number of halogens is 2. The highest BCUT2D eigenvalue weighted by molar-refractivity contribution is 5.78. The van der Waals surface area contributed by atoms with Gasteiger partial charge in [-0.15, -0.1) is 0 Å². The number of hydrogen-bond acceptors (Lipinski definition) is 5. The molecule has 0 aliphatic carbocycles. The summed E-state index contributed by atoms with van der Waals surface area (Å²) in [5.41, 5.74) is 0.517. The molecule has 31 heavy (non-hydrogen) atoms. The van der Waals surface area contributed by atoms with E-state index in [4.69, 9.17) is 14.2 Å². The molecule has 6 nitrogen and oxygen atoms in total. The molecule has 1 amide bonds. The number of piperidine rings is 1. The maximum Gasteiger partial charge on any atom is 0.223 e. The van der Waals surface area contributed by atoms with Crippen LogP contribution in [0.3, 0.4) is 0 Å². The van der Waals surface area contributed by atoms with Gasteiger partial charge >= 0.3 is 0 Å². The van der Waals surface area contributed by atoms with E-state index in [1.54, 1.807) is 18.2 Å². The molecule has 0 spiro atoms. The lowest BCUT2D eigenvalue weighted by Crippen LogP contribution is -2.44. The Hall–Kier alpha value is -2.87. The van der Waals surface area contributed by atoms with Crippen molar-refractivity contribution in [2.45, 2.75) is 25.6 Å². The van der Waals surface area contributed by atoms with E-state index in [1.807, 2.05) is 0 Å². The van der Waals surface area contributed by atoms with E-state index < -0.39 is 11.6 Å². The summed E-state index contributed by atoms with van der Waals surface area (Å²) in [6.07, 6.45) is 1.43. The Morgan fingerprint density at radius 3 is 2.71 bits per heavy atom. The molecule has 0 saturated carbocycles. The molecule has 1 N–H and O–H groups in total. The number of fused-ring (bicyclic) bond motifs is 1. The fraction of sp³-hybridized carbons (Fsp3) is 0.435. The van der Waals surface area contributed by atoms with Gasteiger partial charge in [-0.05, 0) is 62.8 Å². The van der Waals surface area contributed by atoms with E-state index >= 15 is 0 Å². The smallest absolute Gasteiger partial charge is 0.223 e. The highest BCUT2D eigenvalue weighted by Crippen LogP contribution is 2.35. The van der Waals surface area contributed by atoms with Crippen LogP contribution in [0.2, 0.25) is 0 Å². The van der Waals surface area contributed by atoms with Crippen molar-refractivity contribution in [3.05, 3.63) is 53.6 Å². The van der Waals surface area contributed by atoms with Crippen molar-refractivity contribution in [3.8, 4) is 17.2 Å². The van der Waals surface area contributed by atoms with Crippen molar-refractivity contribution in [1.29, 1.82) is 0 Å². The summed E-state index contributed by atoms with van der Waals surface area (Å²) in [6, 6.07) is 8.81. The molecular weight excluding hydrogens is 406 g/mol. The zero-order valence-electron chi connectivity index (χ0n) is 17.4. The summed E-state index contributed by atoms with van der Waals surface area (Å²) in [5, 5.41) is 2.98. The Kier molecular flexibility index (Phi) is 6.56. The predicted molar refractivity (Wildman–Crippen MR) is 110 cm³/mol. The maximum atomic E-state index is 13.3. The third-order valence-corrected chi connectivity index (χ3v) is 5.62. The van der Waals surface area contributed by atoms with Gasteiger partial charge in [0.1, 0.15) is 25.1 Å². The molecule has 2 aliphatic heterocycles. The summed E-state index contributed by atoms with van der Waals surface area (Å²) >= 11 is 0. The second-order valence-corrected chi connectivity index (χ2v) is 8.02. The van der Waals surface area contributed by atoms with E-state index in [9.17, 15) is 13.6 Å².